The van der Waals surface area contributed by atoms with Crippen LogP contribution in [0.1, 0.15) is 67.2 Å². The van der Waals surface area contributed by atoms with Crippen molar-refractivity contribution in [3.05, 3.63) is 38.0 Å². The van der Waals surface area contributed by atoms with Crippen LogP contribution in [0.2, 0.25) is 0 Å². The molecule has 0 spiro atoms. The summed E-state index contributed by atoms with van der Waals surface area (Å²) >= 11 is 0. The second kappa shape index (κ2) is 14.1. The van der Waals surface area contributed by atoms with Crippen LogP contribution in [0.15, 0.2) is 38.0 Å². The lowest BCUT2D eigenvalue weighted by molar-refractivity contribution is -0.143. The van der Waals surface area contributed by atoms with Crippen LogP contribution in [-0.2, 0) is 33.9 Å². The molecule has 5 atom stereocenters. The number of hydrogen-bond acceptors (Lipinski definition) is 9. The molecule has 0 radical (unpaired) electrons. The first-order valence-corrected chi connectivity index (χ1v) is 17.2. The van der Waals surface area contributed by atoms with Crippen LogP contribution in [0.4, 0.5) is 9.59 Å². The number of nitrogens with one attached hydrogen (secondary N) is 3. The van der Waals surface area contributed by atoms with Crippen LogP contribution >= 0.6 is 0 Å². The van der Waals surface area contributed by atoms with Crippen molar-refractivity contribution in [1.82, 2.24) is 25.2 Å². The number of hydrogen-bond donors (Lipinski definition) is 3. The average Bonchev–Trinajstić information content (AvgIpc) is 3.86. The third kappa shape index (κ3) is 9.36. The van der Waals surface area contributed by atoms with Gasteiger partial charge in [0.1, 0.15) is 29.3 Å². The number of likely N-dealkylation sites (tertiary alicyclic amines) is 1. The Hall–Kier alpha value is -3.88. The molecule has 262 valence electrons. The average molecular weight is 680 g/mol. The highest BCUT2D eigenvalue weighted by molar-refractivity contribution is 7.91. The van der Waals surface area contributed by atoms with Gasteiger partial charge in [-0.15, -0.1) is 19.7 Å². The quantitative estimate of drug-likeness (QED) is 0.246. The minimum absolute atomic E-state index is 0.107. The predicted octanol–water partition coefficient (Wildman–Crippen LogP) is 2.38. The van der Waals surface area contributed by atoms with E-state index in [9.17, 15) is 32.4 Å². The normalized spacial score (nSPS) is 24.6. The van der Waals surface area contributed by atoms with Gasteiger partial charge in [0.15, 0.2) is 0 Å². The van der Waals surface area contributed by atoms with Gasteiger partial charge in [0.2, 0.25) is 21.8 Å². The zero-order chi connectivity index (χ0) is 35.5. The standard InChI is InChI=1S/C32H49N5O9S/c1-10-15-36(16-11-2)29(42)45-21-17-23(37(19-21)26(39)24(30(4,5)6)33-28(41)46-31(7,8)9)25(38)34-32(18-20(32)12-3)27(40)35-47(43,44)22-13-14-22/h10-12,20-24H,1-3,13-19H2,4-9H3,(H,33,41)(H,34,38)(H,35,40)/t20?,21-,23+,24-,32-/m1/s1. The van der Waals surface area contributed by atoms with Crippen molar-refractivity contribution in [2.24, 2.45) is 11.3 Å². The minimum atomic E-state index is -3.91. The third-order valence-electron chi connectivity index (χ3n) is 8.10. The fourth-order valence-electron chi connectivity index (χ4n) is 5.39. The zero-order valence-corrected chi connectivity index (χ0v) is 29.0. The highest BCUT2D eigenvalue weighted by Crippen LogP contribution is 2.45. The van der Waals surface area contributed by atoms with Gasteiger partial charge < -0.3 is 29.9 Å². The molecule has 1 saturated heterocycles. The van der Waals surface area contributed by atoms with Gasteiger partial charge >= 0.3 is 12.2 Å². The Bertz CT molecular complexity index is 1390. The maximum absolute atomic E-state index is 14.2. The first-order valence-electron chi connectivity index (χ1n) is 15.7. The predicted molar refractivity (Wildman–Crippen MR) is 174 cm³/mol. The Morgan fingerprint density at radius 3 is 2.09 bits per heavy atom. The van der Waals surface area contributed by atoms with Crippen molar-refractivity contribution in [2.75, 3.05) is 19.6 Å². The summed E-state index contributed by atoms with van der Waals surface area (Å²) in [6.07, 6.45) is 2.87. The molecule has 2 saturated carbocycles. The van der Waals surface area contributed by atoms with Crippen LogP contribution in [0, 0.1) is 11.3 Å². The lowest BCUT2D eigenvalue weighted by atomic mass is 9.85. The molecule has 15 heteroatoms. The molecule has 5 amide bonds. The van der Waals surface area contributed by atoms with Gasteiger partial charge in [-0.3, -0.25) is 19.1 Å². The molecular weight excluding hydrogens is 630 g/mol. The number of ether oxygens (including phenoxy) is 2. The first-order chi connectivity index (χ1) is 21.7. The van der Waals surface area contributed by atoms with Crippen LogP contribution in [0.3, 0.4) is 0 Å². The number of alkyl carbamates (subject to hydrolysis) is 1. The topological polar surface area (TPSA) is 181 Å². The molecular formula is C32H49N5O9S. The van der Waals surface area contributed by atoms with E-state index in [-0.39, 0.29) is 32.5 Å². The van der Waals surface area contributed by atoms with Gasteiger partial charge in [-0.05, 0) is 45.4 Å². The Balaban J connectivity index is 1.92. The van der Waals surface area contributed by atoms with E-state index in [0.717, 1.165) is 0 Å². The van der Waals surface area contributed by atoms with E-state index in [0.29, 0.717) is 12.8 Å². The number of amides is 5. The summed E-state index contributed by atoms with van der Waals surface area (Å²) in [4.78, 5) is 69.9. The Kier molecular flexibility index (Phi) is 11.3. The van der Waals surface area contributed by atoms with Crippen molar-refractivity contribution in [3.63, 3.8) is 0 Å². The molecule has 1 unspecified atom stereocenters. The second-order valence-corrected chi connectivity index (χ2v) is 16.3. The van der Waals surface area contributed by atoms with E-state index >= 15 is 0 Å². The maximum Gasteiger partial charge on any atom is 0.410 e. The highest BCUT2D eigenvalue weighted by Gasteiger charge is 2.62. The van der Waals surface area contributed by atoms with E-state index in [1.54, 1.807) is 41.5 Å². The SMILES string of the molecule is C=CCN(CC=C)C(=O)O[C@@H]1C[C@@H](C(=O)N[C@]2(C(=O)NS(=O)(=O)C3CC3)CC2C=C)N(C(=O)[C@@H](NC(=O)OC(C)(C)C)C(C)(C)C)C1. The smallest absolute Gasteiger partial charge is 0.410 e. The Labute approximate surface area is 277 Å². The number of carbonyl (C=O) groups is 5. The van der Waals surface area contributed by atoms with Gasteiger partial charge in [0.25, 0.3) is 5.91 Å². The van der Waals surface area contributed by atoms with Gasteiger partial charge in [0, 0.05) is 25.4 Å². The molecule has 0 aromatic rings. The van der Waals surface area contributed by atoms with Crippen LogP contribution in [0.25, 0.3) is 0 Å². The lowest BCUT2D eigenvalue weighted by Gasteiger charge is -2.36. The van der Waals surface area contributed by atoms with Crippen LogP contribution in [-0.4, -0.2) is 102 Å². The zero-order valence-electron chi connectivity index (χ0n) is 28.2. The van der Waals surface area contributed by atoms with E-state index in [1.807, 2.05) is 0 Å². The van der Waals surface area contributed by atoms with Crippen molar-refractivity contribution in [2.45, 2.75) is 102 Å². The van der Waals surface area contributed by atoms with E-state index in [4.69, 9.17) is 9.47 Å². The second-order valence-electron chi connectivity index (χ2n) is 14.4. The number of rotatable bonds is 13. The van der Waals surface area contributed by atoms with E-state index in [2.05, 4.69) is 35.1 Å². The van der Waals surface area contributed by atoms with Crippen LogP contribution in [0.5, 0.6) is 0 Å². The van der Waals surface area contributed by atoms with Gasteiger partial charge in [-0.25, -0.2) is 18.0 Å². The summed E-state index contributed by atoms with van der Waals surface area (Å²) in [5.41, 5.74) is -3.29. The van der Waals surface area contributed by atoms with E-state index < -0.39 is 85.8 Å². The van der Waals surface area contributed by atoms with Crippen molar-refractivity contribution in [3.8, 4) is 0 Å². The molecule has 3 N–H and O–H groups in total. The molecule has 47 heavy (non-hydrogen) atoms. The monoisotopic (exact) mass is 679 g/mol. The third-order valence-corrected chi connectivity index (χ3v) is 9.91. The van der Waals surface area contributed by atoms with Gasteiger partial charge in [0.05, 0.1) is 11.8 Å². The summed E-state index contributed by atoms with van der Waals surface area (Å²) in [6.45, 7) is 21.4. The highest BCUT2D eigenvalue weighted by atomic mass is 32.2. The summed E-state index contributed by atoms with van der Waals surface area (Å²) < 4.78 is 38.3. The molecule has 0 aromatic heterocycles. The largest absolute Gasteiger partial charge is 0.444 e. The number of nitrogens with zero attached hydrogens (tertiary/aromatic N) is 2. The molecule has 3 fully saturated rings. The maximum atomic E-state index is 14.2. The Morgan fingerprint density at radius 2 is 1.62 bits per heavy atom. The molecule has 3 aliphatic rings. The van der Waals surface area contributed by atoms with Gasteiger partial charge in [-0.1, -0.05) is 39.0 Å². The summed E-state index contributed by atoms with van der Waals surface area (Å²) in [7, 11) is -3.91. The molecule has 2 aliphatic carbocycles. The van der Waals surface area contributed by atoms with Crippen molar-refractivity contribution < 1.29 is 41.9 Å². The Morgan fingerprint density at radius 1 is 1.02 bits per heavy atom. The summed E-state index contributed by atoms with van der Waals surface area (Å²) in [5, 5.41) is 4.66. The first kappa shape index (κ1) is 37.6. The van der Waals surface area contributed by atoms with E-state index in [1.165, 1.54) is 28.0 Å². The fourth-order valence-corrected chi connectivity index (χ4v) is 6.75. The lowest BCUT2D eigenvalue weighted by Crippen LogP contribution is -2.60. The number of carbonyl (C=O) groups excluding carboxylic acids is 5. The molecule has 1 heterocycles. The molecule has 1 aliphatic heterocycles. The van der Waals surface area contributed by atoms with Crippen LogP contribution < -0.4 is 15.4 Å². The minimum Gasteiger partial charge on any atom is -0.444 e. The summed E-state index contributed by atoms with van der Waals surface area (Å²) in [6, 6.07) is -2.41. The summed E-state index contributed by atoms with van der Waals surface area (Å²) in [5.74, 6) is -2.83. The molecule has 14 nitrogen and oxygen atoms in total. The molecule has 3 rings (SSSR count). The van der Waals surface area contributed by atoms with Crippen molar-refractivity contribution in [1.29, 1.82) is 0 Å². The fraction of sp³-hybridized carbons (Fsp3) is 0.656. The molecule has 0 aromatic carbocycles. The molecule has 0 bridgehead atoms. The number of sulfonamides is 1. The van der Waals surface area contributed by atoms with Crippen molar-refractivity contribution >= 4 is 39.9 Å². The van der Waals surface area contributed by atoms with Gasteiger partial charge in [-0.2, -0.15) is 0 Å².